The summed E-state index contributed by atoms with van der Waals surface area (Å²) in [5.41, 5.74) is 6.96. The largest absolute Gasteiger partial charge is 0.396 e. The van der Waals surface area contributed by atoms with Gasteiger partial charge in [0.05, 0.1) is 0 Å². The fraction of sp³-hybridized carbons (Fsp3) is 0.455. The average Bonchev–Trinajstić information content (AvgIpc) is 2.20. The van der Waals surface area contributed by atoms with Crippen molar-refractivity contribution in [2.24, 2.45) is 5.73 Å². The average molecular weight is 211 g/mol. The fourth-order valence-corrected chi connectivity index (χ4v) is 1.95. The molecule has 0 saturated carbocycles. The summed E-state index contributed by atoms with van der Waals surface area (Å²) in [7, 11) is 0. The lowest BCUT2D eigenvalue weighted by Crippen LogP contribution is -2.11. The summed E-state index contributed by atoms with van der Waals surface area (Å²) in [6, 6.07) is 8.21. The van der Waals surface area contributed by atoms with Gasteiger partial charge >= 0.3 is 0 Å². The number of hydrogen-bond acceptors (Lipinski definition) is 3. The van der Waals surface area contributed by atoms with Gasteiger partial charge in [0.1, 0.15) is 0 Å². The van der Waals surface area contributed by atoms with Crippen molar-refractivity contribution in [3.63, 3.8) is 0 Å². The zero-order valence-electron chi connectivity index (χ0n) is 8.44. The number of hydrogen-bond donors (Lipinski definition) is 2. The van der Waals surface area contributed by atoms with Gasteiger partial charge in [-0.3, -0.25) is 0 Å². The van der Waals surface area contributed by atoms with Crippen LogP contribution >= 0.6 is 11.8 Å². The quantitative estimate of drug-likeness (QED) is 0.734. The number of benzene rings is 1. The van der Waals surface area contributed by atoms with E-state index in [1.54, 1.807) is 0 Å². The van der Waals surface area contributed by atoms with Crippen LogP contribution in [0.15, 0.2) is 29.2 Å². The summed E-state index contributed by atoms with van der Waals surface area (Å²) in [6.07, 6.45) is 0.625. The van der Waals surface area contributed by atoms with Crippen molar-refractivity contribution in [1.29, 1.82) is 0 Å². The minimum atomic E-state index is -0.0410. The molecule has 1 atom stereocenters. The van der Waals surface area contributed by atoms with Crippen LogP contribution in [0.1, 0.15) is 24.9 Å². The first-order valence-corrected chi connectivity index (χ1v) is 5.85. The molecule has 1 rings (SSSR count). The van der Waals surface area contributed by atoms with Gasteiger partial charge in [-0.1, -0.05) is 19.1 Å². The van der Waals surface area contributed by atoms with Crippen LogP contribution in [0.3, 0.4) is 0 Å². The van der Waals surface area contributed by atoms with Crippen molar-refractivity contribution in [3.05, 3.63) is 29.8 Å². The third-order valence-corrected chi connectivity index (χ3v) is 2.95. The van der Waals surface area contributed by atoms with Gasteiger partial charge in [0.15, 0.2) is 0 Å². The Morgan fingerprint density at radius 1 is 1.36 bits per heavy atom. The first kappa shape index (κ1) is 11.6. The van der Waals surface area contributed by atoms with E-state index in [1.165, 1.54) is 4.90 Å². The molecule has 0 aliphatic carbocycles. The molecule has 0 amide bonds. The number of thioether (sulfide) groups is 1. The van der Waals surface area contributed by atoms with Gasteiger partial charge in [-0.2, -0.15) is 0 Å². The maximum Gasteiger partial charge on any atom is 0.0449 e. The van der Waals surface area contributed by atoms with Crippen molar-refractivity contribution in [2.45, 2.75) is 24.3 Å². The Morgan fingerprint density at radius 3 is 2.50 bits per heavy atom. The van der Waals surface area contributed by atoms with E-state index in [4.69, 9.17) is 10.8 Å². The first-order chi connectivity index (χ1) is 6.77. The Labute approximate surface area is 89.5 Å². The Morgan fingerprint density at radius 2 is 2.00 bits per heavy atom. The molecular formula is C11H17NOS. The topological polar surface area (TPSA) is 46.2 Å². The normalized spacial score (nSPS) is 12.8. The molecular weight excluding hydrogens is 194 g/mol. The maximum atomic E-state index is 8.75. The molecule has 1 aromatic rings. The number of rotatable bonds is 5. The molecule has 0 heterocycles. The summed E-state index contributed by atoms with van der Waals surface area (Å²) in [5.74, 6) is 1.09. The molecule has 14 heavy (non-hydrogen) atoms. The molecule has 2 nitrogen and oxygen atoms in total. The van der Waals surface area contributed by atoms with Crippen LogP contribution in [-0.2, 0) is 0 Å². The summed E-state index contributed by atoms with van der Waals surface area (Å²) in [5, 5.41) is 8.75. The van der Waals surface area contributed by atoms with E-state index in [-0.39, 0.29) is 12.6 Å². The van der Waals surface area contributed by atoms with Crippen LogP contribution in [0.4, 0.5) is 0 Å². The van der Waals surface area contributed by atoms with Crippen molar-refractivity contribution in [1.82, 2.24) is 0 Å². The summed E-state index contributed by atoms with van der Waals surface area (Å²) in [6.45, 7) is 2.28. The molecule has 3 N–H and O–H groups in total. The SMILES string of the molecule is CCSc1ccc(C(N)CCO)cc1. The highest BCUT2D eigenvalue weighted by molar-refractivity contribution is 7.99. The van der Waals surface area contributed by atoms with Crippen LogP contribution < -0.4 is 5.73 Å². The van der Waals surface area contributed by atoms with Crippen LogP contribution in [0.25, 0.3) is 0 Å². The van der Waals surface area contributed by atoms with E-state index in [1.807, 2.05) is 23.9 Å². The lowest BCUT2D eigenvalue weighted by molar-refractivity contribution is 0.276. The highest BCUT2D eigenvalue weighted by Crippen LogP contribution is 2.20. The van der Waals surface area contributed by atoms with Crippen molar-refractivity contribution >= 4 is 11.8 Å². The Hall–Kier alpha value is -0.510. The zero-order valence-corrected chi connectivity index (χ0v) is 9.26. The Kier molecular flexibility index (Phi) is 5.01. The molecule has 0 aliphatic rings. The van der Waals surface area contributed by atoms with Crippen LogP contribution in [0, 0.1) is 0 Å². The van der Waals surface area contributed by atoms with E-state index in [2.05, 4.69) is 19.1 Å². The van der Waals surface area contributed by atoms with Gasteiger partial charge in [-0.25, -0.2) is 0 Å². The van der Waals surface area contributed by atoms with E-state index in [9.17, 15) is 0 Å². The van der Waals surface area contributed by atoms with Gasteiger partial charge in [0.25, 0.3) is 0 Å². The highest BCUT2D eigenvalue weighted by atomic mass is 32.2. The number of nitrogens with two attached hydrogens (primary N) is 1. The molecule has 0 aliphatic heterocycles. The minimum Gasteiger partial charge on any atom is -0.396 e. The predicted molar refractivity (Wildman–Crippen MR) is 61.5 cm³/mol. The van der Waals surface area contributed by atoms with Gasteiger partial charge < -0.3 is 10.8 Å². The summed E-state index contributed by atoms with van der Waals surface area (Å²) in [4.78, 5) is 1.27. The Balaban J connectivity index is 2.62. The molecule has 0 saturated heterocycles. The molecule has 1 unspecified atom stereocenters. The highest BCUT2D eigenvalue weighted by Gasteiger charge is 2.04. The second kappa shape index (κ2) is 6.06. The summed E-state index contributed by atoms with van der Waals surface area (Å²) >= 11 is 1.82. The molecule has 3 heteroatoms. The van der Waals surface area contributed by atoms with E-state index >= 15 is 0 Å². The molecule has 78 valence electrons. The second-order valence-electron chi connectivity index (χ2n) is 3.12. The Bertz CT molecular complexity index is 260. The summed E-state index contributed by atoms with van der Waals surface area (Å²) < 4.78 is 0. The second-order valence-corrected chi connectivity index (χ2v) is 4.46. The molecule has 0 spiro atoms. The lowest BCUT2D eigenvalue weighted by atomic mass is 10.1. The standard InChI is InChI=1S/C11H17NOS/c1-2-14-10-5-3-9(4-6-10)11(12)7-8-13/h3-6,11,13H,2,7-8,12H2,1H3. The zero-order chi connectivity index (χ0) is 10.4. The lowest BCUT2D eigenvalue weighted by Gasteiger charge is -2.10. The van der Waals surface area contributed by atoms with Gasteiger partial charge in [-0.05, 0) is 29.9 Å². The molecule has 0 fully saturated rings. The smallest absolute Gasteiger partial charge is 0.0449 e. The van der Waals surface area contributed by atoms with Crippen molar-refractivity contribution < 1.29 is 5.11 Å². The van der Waals surface area contributed by atoms with E-state index < -0.39 is 0 Å². The van der Waals surface area contributed by atoms with Gasteiger partial charge in [0, 0.05) is 17.5 Å². The molecule has 1 aromatic carbocycles. The number of aliphatic hydroxyl groups is 1. The molecule has 0 bridgehead atoms. The van der Waals surface area contributed by atoms with E-state index in [0.29, 0.717) is 6.42 Å². The monoisotopic (exact) mass is 211 g/mol. The number of aliphatic hydroxyl groups excluding tert-OH is 1. The van der Waals surface area contributed by atoms with Gasteiger partial charge in [0.2, 0.25) is 0 Å². The maximum absolute atomic E-state index is 8.75. The van der Waals surface area contributed by atoms with Crippen LogP contribution in [0.2, 0.25) is 0 Å². The third kappa shape index (κ3) is 3.33. The van der Waals surface area contributed by atoms with Gasteiger partial charge in [-0.15, -0.1) is 11.8 Å². The fourth-order valence-electron chi connectivity index (χ4n) is 1.28. The first-order valence-electron chi connectivity index (χ1n) is 4.87. The predicted octanol–water partition coefficient (Wildman–Crippen LogP) is 2.18. The third-order valence-electron chi connectivity index (χ3n) is 2.06. The molecule has 0 aromatic heterocycles. The van der Waals surface area contributed by atoms with E-state index in [0.717, 1.165) is 11.3 Å². The van der Waals surface area contributed by atoms with Crippen LogP contribution in [-0.4, -0.2) is 17.5 Å². The van der Waals surface area contributed by atoms with Crippen LogP contribution in [0.5, 0.6) is 0 Å². The van der Waals surface area contributed by atoms with Crippen molar-refractivity contribution in [3.8, 4) is 0 Å². The van der Waals surface area contributed by atoms with Crippen molar-refractivity contribution in [2.75, 3.05) is 12.4 Å². The minimum absolute atomic E-state index is 0.0410. The molecule has 0 radical (unpaired) electrons.